The predicted molar refractivity (Wildman–Crippen MR) is 92.0 cm³/mol. The lowest BCUT2D eigenvalue weighted by molar-refractivity contribution is -0.00997. The van der Waals surface area contributed by atoms with Crippen LogP contribution in [-0.2, 0) is 4.74 Å². The van der Waals surface area contributed by atoms with Crippen LogP contribution in [-0.4, -0.2) is 44.3 Å². The Labute approximate surface area is 141 Å². The third-order valence-electron chi connectivity index (χ3n) is 4.21. The molecule has 2 unspecified atom stereocenters. The number of morpholine rings is 1. The van der Waals surface area contributed by atoms with Crippen molar-refractivity contribution in [2.45, 2.75) is 31.8 Å². The first-order chi connectivity index (χ1) is 10.2. The zero-order chi connectivity index (χ0) is 15.2. The highest BCUT2D eigenvalue weighted by molar-refractivity contribution is 9.10. The molecular weight excluding hydrogens is 352 g/mol. The zero-order valence-corrected chi connectivity index (χ0v) is 15.1. The number of hydrogen-bond donors (Lipinski definition) is 1. The minimum atomic E-state index is 0.283. The minimum Gasteiger partial charge on any atom is -0.378 e. The number of ether oxygens (including phenoxy) is 1. The van der Waals surface area contributed by atoms with Crippen molar-refractivity contribution >= 4 is 27.5 Å². The van der Waals surface area contributed by atoms with Crippen molar-refractivity contribution in [1.29, 1.82) is 0 Å². The second kappa shape index (κ2) is 8.49. The fraction of sp³-hybridized carbons (Fsp3) is 0.625. The molecule has 0 amide bonds. The highest BCUT2D eigenvalue weighted by Crippen LogP contribution is 2.28. The maximum Gasteiger partial charge on any atom is 0.0622 e. The number of hydrogen-bond acceptors (Lipinski definition) is 3. The number of rotatable bonds is 6. The first-order valence-corrected chi connectivity index (χ1v) is 8.76. The Morgan fingerprint density at radius 3 is 3.00 bits per heavy atom. The third-order valence-corrected chi connectivity index (χ3v) is 5.03. The van der Waals surface area contributed by atoms with Crippen molar-refractivity contribution in [3.8, 4) is 0 Å². The second-order valence-electron chi connectivity index (χ2n) is 5.47. The smallest absolute Gasteiger partial charge is 0.0622 e. The van der Waals surface area contributed by atoms with Gasteiger partial charge < -0.3 is 10.1 Å². The van der Waals surface area contributed by atoms with Crippen molar-refractivity contribution in [1.82, 2.24) is 10.2 Å². The highest BCUT2D eigenvalue weighted by Gasteiger charge is 2.22. The highest BCUT2D eigenvalue weighted by atomic mass is 79.9. The Hall–Kier alpha value is -0.130. The molecule has 21 heavy (non-hydrogen) atoms. The Bertz CT molecular complexity index is 458. The van der Waals surface area contributed by atoms with Gasteiger partial charge in [0.1, 0.15) is 0 Å². The summed E-state index contributed by atoms with van der Waals surface area (Å²) in [6, 6.07) is 6.95. The Kier molecular flexibility index (Phi) is 6.96. The van der Waals surface area contributed by atoms with Gasteiger partial charge in [-0.25, -0.2) is 0 Å². The average Bonchev–Trinajstić information content (AvgIpc) is 2.50. The molecule has 2 rings (SSSR count). The third kappa shape index (κ3) is 4.67. The van der Waals surface area contributed by atoms with E-state index in [0.29, 0.717) is 6.04 Å². The molecular formula is C16H24BrClN2O. The minimum absolute atomic E-state index is 0.283. The first kappa shape index (κ1) is 17.2. The Morgan fingerprint density at radius 2 is 2.33 bits per heavy atom. The fourth-order valence-corrected chi connectivity index (χ4v) is 3.70. The van der Waals surface area contributed by atoms with Crippen LogP contribution in [0.3, 0.4) is 0 Å². The molecule has 1 saturated heterocycles. The number of nitrogens with zero attached hydrogens (tertiary/aromatic N) is 1. The van der Waals surface area contributed by atoms with Gasteiger partial charge in [0.25, 0.3) is 0 Å². The molecule has 0 aromatic heterocycles. The zero-order valence-electron chi connectivity index (χ0n) is 12.7. The lowest BCUT2D eigenvalue weighted by Crippen LogP contribution is -2.46. The van der Waals surface area contributed by atoms with Gasteiger partial charge in [0.15, 0.2) is 0 Å². The largest absolute Gasteiger partial charge is 0.378 e. The van der Waals surface area contributed by atoms with Crippen molar-refractivity contribution < 1.29 is 4.74 Å². The van der Waals surface area contributed by atoms with Crippen molar-refractivity contribution in [3.63, 3.8) is 0 Å². The molecule has 5 heteroatoms. The number of benzene rings is 1. The molecule has 0 spiro atoms. The van der Waals surface area contributed by atoms with Crippen LogP contribution in [0.1, 0.15) is 31.4 Å². The molecule has 1 fully saturated rings. The molecule has 2 atom stereocenters. The van der Waals surface area contributed by atoms with Gasteiger partial charge in [0.2, 0.25) is 0 Å². The molecule has 0 aliphatic carbocycles. The van der Waals surface area contributed by atoms with Crippen LogP contribution in [0.25, 0.3) is 0 Å². The van der Waals surface area contributed by atoms with E-state index in [9.17, 15) is 0 Å². The van der Waals surface area contributed by atoms with Gasteiger partial charge in [-0.05, 0) is 37.6 Å². The molecule has 0 bridgehead atoms. The molecule has 118 valence electrons. The van der Waals surface area contributed by atoms with Crippen LogP contribution >= 0.6 is 27.5 Å². The molecule has 1 aliphatic heterocycles. The molecule has 1 aromatic rings. The molecule has 1 N–H and O–H groups in total. The van der Waals surface area contributed by atoms with Crippen LogP contribution in [0.5, 0.6) is 0 Å². The summed E-state index contributed by atoms with van der Waals surface area (Å²) in [5, 5.41) is 4.21. The maximum absolute atomic E-state index is 6.38. The molecule has 0 radical (unpaired) electrons. The van der Waals surface area contributed by atoms with E-state index in [-0.39, 0.29) is 6.04 Å². The van der Waals surface area contributed by atoms with Gasteiger partial charge in [-0.3, -0.25) is 4.90 Å². The first-order valence-electron chi connectivity index (χ1n) is 7.59. The van der Waals surface area contributed by atoms with E-state index in [4.69, 9.17) is 16.3 Å². The average molecular weight is 376 g/mol. The molecule has 1 aliphatic rings. The normalized spacial score (nSPS) is 21.4. The molecule has 1 aromatic carbocycles. The van der Waals surface area contributed by atoms with Crippen LogP contribution in [0, 0.1) is 0 Å². The van der Waals surface area contributed by atoms with E-state index in [1.807, 2.05) is 13.1 Å². The SMILES string of the molecule is CCC1COCCN1CCC(NC)c1ccc(Br)cc1Cl. The lowest BCUT2D eigenvalue weighted by Gasteiger charge is -2.36. The van der Waals surface area contributed by atoms with Gasteiger partial charge in [-0.1, -0.05) is 40.5 Å². The Morgan fingerprint density at radius 1 is 1.52 bits per heavy atom. The number of nitrogens with one attached hydrogen (secondary N) is 1. The van der Waals surface area contributed by atoms with Gasteiger partial charge in [-0.15, -0.1) is 0 Å². The topological polar surface area (TPSA) is 24.5 Å². The Balaban J connectivity index is 1.98. The van der Waals surface area contributed by atoms with Crippen molar-refractivity contribution in [2.24, 2.45) is 0 Å². The van der Waals surface area contributed by atoms with E-state index in [1.165, 1.54) is 5.56 Å². The summed E-state index contributed by atoms with van der Waals surface area (Å²) in [6.45, 7) is 6.04. The van der Waals surface area contributed by atoms with Gasteiger partial charge in [-0.2, -0.15) is 0 Å². The lowest BCUT2D eigenvalue weighted by atomic mass is 10.0. The van der Waals surface area contributed by atoms with Crippen LogP contribution < -0.4 is 5.32 Å². The van der Waals surface area contributed by atoms with Crippen LogP contribution in [0.4, 0.5) is 0 Å². The molecule has 0 saturated carbocycles. The van der Waals surface area contributed by atoms with Gasteiger partial charge >= 0.3 is 0 Å². The summed E-state index contributed by atoms with van der Waals surface area (Å²) in [7, 11) is 2.00. The van der Waals surface area contributed by atoms with E-state index in [2.05, 4.69) is 45.2 Å². The molecule has 1 heterocycles. The standard InChI is InChI=1S/C16H24BrClN2O/c1-3-13-11-21-9-8-20(13)7-6-16(19-2)14-5-4-12(17)10-15(14)18/h4-5,10,13,16,19H,3,6-9,11H2,1-2H3. The summed E-state index contributed by atoms with van der Waals surface area (Å²) in [4.78, 5) is 2.54. The van der Waals surface area contributed by atoms with E-state index < -0.39 is 0 Å². The second-order valence-corrected chi connectivity index (χ2v) is 6.79. The van der Waals surface area contributed by atoms with Gasteiger partial charge in [0, 0.05) is 34.7 Å². The summed E-state index contributed by atoms with van der Waals surface area (Å²) in [6.07, 6.45) is 2.19. The number of halogens is 2. The van der Waals surface area contributed by atoms with E-state index in [0.717, 1.165) is 48.6 Å². The van der Waals surface area contributed by atoms with Crippen LogP contribution in [0.2, 0.25) is 5.02 Å². The maximum atomic E-state index is 6.38. The van der Waals surface area contributed by atoms with Crippen molar-refractivity contribution in [3.05, 3.63) is 33.3 Å². The predicted octanol–water partition coefficient (Wildman–Crippen LogP) is 3.86. The summed E-state index contributed by atoms with van der Waals surface area (Å²) >= 11 is 9.84. The monoisotopic (exact) mass is 374 g/mol. The summed E-state index contributed by atoms with van der Waals surface area (Å²) in [5.74, 6) is 0. The van der Waals surface area contributed by atoms with Gasteiger partial charge in [0.05, 0.1) is 13.2 Å². The van der Waals surface area contributed by atoms with Crippen LogP contribution in [0.15, 0.2) is 22.7 Å². The summed E-state index contributed by atoms with van der Waals surface area (Å²) in [5.41, 5.74) is 1.17. The quantitative estimate of drug-likeness (QED) is 0.817. The van der Waals surface area contributed by atoms with E-state index in [1.54, 1.807) is 0 Å². The summed E-state index contributed by atoms with van der Waals surface area (Å²) < 4.78 is 6.59. The fourth-order valence-electron chi connectivity index (χ4n) is 2.89. The molecule has 3 nitrogen and oxygen atoms in total. The van der Waals surface area contributed by atoms with E-state index >= 15 is 0 Å². The van der Waals surface area contributed by atoms with Crippen molar-refractivity contribution in [2.75, 3.05) is 33.4 Å².